The number of imide groups is 1. The normalized spacial score (nSPS) is 18.3. The molecule has 2 rings (SSSR count). The SMILES string of the molecule is CC(C)[C@@H]1NC(=O)N(Cc2ccc(Br)c([N+](=O)[O-])c2)C1=O. The summed E-state index contributed by atoms with van der Waals surface area (Å²) < 4.78 is 0.355. The zero-order valence-electron chi connectivity index (χ0n) is 11.5. The van der Waals surface area contributed by atoms with Gasteiger partial charge < -0.3 is 5.32 Å². The molecule has 1 N–H and O–H groups in total. The molecule has 112 valence electrons. The molecule has 1 aromatic carbocycles. The van der Waals surface area contributed by atoms with Crippen molar-refractivity contribution in [2.24, 2.45) is 5.92 Å². The van der Waals surface area contributed by atoms with Gasteiger partial charge in [0.25, 0.3) is 11.6 Å². The summed E-state index contributed by atoms with van der Waals surface area (Å²) >= 11 is 3.09. The van der Waals surface area contributed by atoms with Crippen molar-refractivity contribution < 1.29 is 14.5 Å². The van der Waals surface area contributed by atoms with Gasteiger partial charge in [0.05, 0.1) is 15.9 Å². The summed E-state index contributed by atoms with van der Waals surface area (Å²) in [6.45, 7) is 3.70. The van der Waals surface area contributed by atoms with Crippen LogP contribution in [0.1, 0.15) is 19.4 Å². The highest BCUT2D eigenvalue weighted by atomic mass is 79.9. The second-order valence-corrected chi connectivity index (χ2v) is 5.99. The summed E-state index contributed by atoms with van der Waals surface area (Å²) in [6.07, 6.45) is 0. The maximum atomic E-state index is 12.1. The van der Waals surface area contributed by atoms with Crippen molar-refractivity contribution in [3.05, 3.63) is 38.3 Å². The molecule has 0 aliphatic carbocycles. The summed E-state index contributed by atoms with van der Waals surface area (Å²) in [4.78, 5) is 35.4. The molecule has 1 aliphatic rings. The smallest absolute Gasteiger partial charge is 0.325 e. The molecule has 0 saturated carbocycles. The van der Waals surface area contributed by atoms with Crippen LogP contribution in [-0.4, -0.2) is 27.8 Å². The molecule has 7 nitrogen and oxygen atoms in total. The Hall–Kier alpha value is -1.96. The molecular formula is C13H14BrN3O4. The van der Waals surface area contributed by atoms with Gasteiger partial charge in [0.2, 0.25) is 0 Å². The lowest BCUT2D eigenvalue weighted by molar-refractivity contribution is -0.385. The van der Waals surface area contributed by atoms with Crippen LogP contribution in [0.2, 0.25) is 0 Å². The largest absolute Gasteiger partial charge is 0.326 e. The molecule has 1 atom stereocenters. The summed E-state index contributed by atoms with van der Waals surface area (Å²) in [6, 6.07) is 3.52. The van der Waals surface area contributed by atoms with Crippen LogP contribution in [0.25, 0.3) is 0 Å². The third kappa shape index (κ3) is 3.05. The fraction of sp³-hybridized carbons (Fsp3) is 0.385. The minimum Gasteiger partial charge on any atom is -0.326 e. The average Bonchev–Trinajstić information content (AvgIpc) is 2.68. The van der Waals surface area contributed by atoms with E-state index in [9.17, 15) is 19.7 Å². The minimum absolute atomic E-state index is 0.00861. The number of amides is 3. The fourth-order valence-corrected chi connectivity index (χ4v) is 2.51. The van der Waals surface area contributed by atoms with E-state index in [2.05, 4.69) is 21.2 Å². The number of hydrogen-bond donors (Lipinski definition) is 1. The lowest BCUT2D eigenvalue weighted by atomic mass is 10.0. The Balaban J connectivity index is 2.22. The van der Waals surface area contributed by atoms with Gasteiger partial charge in [-0.1, -0.05) is 19.9 Å². The highest BCUT2D eigenvalue weighted by molar-refractivity contribution is 9.10. The highest BCUT2D eigenvalue weighted by Gasteiger charge is 2.39. The Morgan fingerprint density at radius 1 is 1.43 bits per heavy atom. The van der Waals surface area contributed by atoms with E-state index in [-0.39, 0.29) is 24.1 Å². The lowest BCUT2D eigenvalue weighted by Gasteiger charge is -2.14. The molecule has 8 heteroatoms. The minimum atomic E-state index is -0.539. The number of carbonyl (C=O) groups is 2. The van der Waals surface area contributed by atoms with E-state index in [1.165, 1.54) is 12.1 Å². The van der Waals surface area contributed by atoms with Gasteiger partial charge in [-0.2, -0.15) is 0 Å². The van der Waals surface area contributed by atoms with E-state index in [4.69, 9.17) is 0 Å². The van der Waals surface area contributed by atoms with Gasteiger partial charge in [0, 0.05) is 6.07 Å². The second-order valence-electron chi connectivity index (χ2n) is 5.14. The summed E-state index contributed by atoms with van der Waals surface area (Å²) in [5.74, 6) is -0.314. The Morgan fingerprint density at radius 2 is 2.10 bits per heavy atom. The van der Waals surface area contributed by atoms with Crippen molar-refractivity contribution in [3.8, 4) is 0 Å². The van der Waals surface area contributed by atoms with Crippen LogP contribution < -0.4 is 5.32 Å². The number of carbonyl (C=O) groups excluding carboxylic acids is 2. The van der Waals surface area contributed by atoms with Crippen molar-refractivity contribution in [2.75, 3.05) is 0 Å². The van der Waals surface area contributed by atoms with E-state index in [0.29, 0.717) is 10.0 Å². The van der Waals surface area contributed by atoms with Crippen LogP contribution in [0.5, 0.6) is 0 Å². The Labute approximate surface area is 129 Å². The molecule has 0 bridgehead atoms. The maximum Gasteiger partial charge on any atom is 0.325 e. The van der Waals surface area contributed by atoms with Gasteiger partial charge in [-0.25, -0.2) is 4.79 Å². The van der Waals surface area contributed by atoms with E-state index < -0.39 is 17.0 Å². The van der Waals surface area contributed by atoms with Crippen LogP contribution in [-0.2, 0) is 11.3 Å². The molecule has 1 aliphatic heterocycles. The van der Waals surface area contributed by atoms with E-state index >= 15 is 0 Å². The number of nitro benzene ring substituents is 1. The topological polar surface area (TPSA) is 92.6 Å². The molecular weight excluding hydrogens is 342 g/mol. The molecule has 1 heterocycles. The van der Waals surface area contributed by atoms with Crippen LogP contribution in [0.3, 0.4) is 0 Å². The average molecular weight is 356 g/mol. The quantitative estimate of drug-likeness (QED) is 0.509. The van der Waals surface area contributed by atoms with Crippen molar-refractivity contribution in [3.63, 3.8) is 0 Å². The van der Waals surface area contributed by atoms with Crippen molar-refractivity contribution >= 4 is 33.6 Å². The van der Waals surface area contributed by atoms with E-state index in [1.54, 1.807) is 6.07 Å². The number of halogens is 1. The van der Waals surface area contributed by atoms with Crippen LogP contribution in [0, 0.1) is 16.0 Å². The van der Waals surface area contributed by atoms with Gasteiger partial charge >= 0.3 is 6.03 Å². The number of rotatable bonds is 4. The van der Waals surface area contributed by atoms with Crippen molar-refractivity contribution in [1.82, 2.24) is 10.2 Å². The number of nitro groups is 1. The third-order valence-corrected chi connectivity index (χ3v) is 3.94. The molecule has 1 fully saturated rings. The van der Waals surface area contributed by atoms with Gasteiger partial charge in [-0.3, -0.25) is 19.8 Å². The summed E-state index contributed by atoms with van der Waals surface area (Å²) in [7, 11) is 0. The molecule has 1 aromatic rings. The van der Waals surface area contributed by atoms with Crippen molar-refractivity contribution in [2.45, 2.75) is 26.4 Å². The van der Waals surface area contributed by atoms with Gasteiger partial charge in [-0.05, 0) is 33.5 Å². The molecule has 1 saturated heterocycles. The van der Waals surface area contributed by atoms with E-state index in [1.807, 2.05) is 13.8 Å². The Bertz CT molecular complexity index is 617. The Morgan fingerprint density at radius 3 is 2.62 bits per heavy atom. The molecule has 0 spiro atoms. The first-order chi connectivity index (χ1) is 9.81. The number of nitrogens with zero attached hydrogens (tertiary/aromatic N) is 2. The van der Waals surface area contributed by atoms with Crippen LogP contribution in [0.15, 0.2) is 22.7 Å². The van der Waals surface area contributed by atoms with Gasteiger partial charge in [0.15, 0.2) is 0 Å². The zero-order valence-corrected chi connectivity index (χ0v) is 13.1. The molecule has 21 heavy (non-hydrogen) atoms. The standard InChI is InChI=1S/C13H14BrN3O4/c1-7(2)11-12(18)16(13(19)15-11)6-8-3-4-9(14)10(5-8)17(20)21/h3-5,7,11H,6H2,1-2H3,(H,15,19)/t11-/m0/s1. The predicted octanol–water partition coefficient (Wildman–Crippen LogP) is 2.43. The number of nitrogens with one attached hydrogen (secondary N) is 1. The fourth-order valence-electron chi connectivity index (χ4n) is 2.12. The summed E-state index contributed by atoms with van der Waals surface area (Å²) in [5.41, 5.74) is 0.428. The Kier molecular flexibility index (Phi) is 4.26. The molecule has 0 radical (unpaired) electrons. The lowest BCUT2D eigenvalue weighted by Crippen LogP contribution is -2.34. The molecule has 3 amide bonds. The second kappa shape index (κ2) is 5.80. The predicted molar refractivity (Wildman–Crippen MR) is 78.5 cm³/mol. The van der Waals surface area contributed by atoms with Crippen LogP contribution >= 0.6 is 15.9 Å². The number of benzene rings is 1. The molecule has 0 unspecified atom stereocenters. The summed E-state index contributed by atoms with van der Waals surface area (Å²) in [5, 5.41) is 13.5. The first kappa shape index (κ1) is 15.4. The van der Waals surface area contributed by atoms with Gasteiger partial charge in [0.1, 0.15) is 6.04 Å². The first-order valence-corrected chi connectivity index (χ1v) is 7.15. The zero-order chi connectivity index (χ0) is 15.7. The molecule has 0 aromatic heterocycles. The third-order valence-electron chi connectivity index (χ3n) is 3.27. The van der Waals surface area contributed by atoms with E-state index in [0.717, 1.165) is 4.90 Å². The first-order valence-electron chi connectivity index (χ1n) is 6.36. The number of urea groups is 1. The highest BCUT2D eigenvalue weighted by Crippen LogP contribution is 2.27. The van der Waals surface area contributed by atoms with Crippen molar-refractivity contribution in [1.29, 1.82) is 0 Å². The maximum absolute atomic E-state index is 12.1. The monoisotopic (exact) mass is 355 g/mol. The van der Waals surface area contributed by atoms with Gasteiger partial charge in [-0.15, -0.1) is 0 Å². The van der Waals surface area contributed by atoms with Crippen LogP contribution in [0.4, 0.5) is 10.5 Å². The number of hydrogen-bond acceptors (Lipinski definition) is 4.